The van der Waals surface area contributed by atoms with E-state index in [4.69, 9.17) is 20.9 Å². The summed E-state index contributed by atoms with van der Waals surface area (Å²) >= 11 is 0. The number of aryl methyl sites for hydroxylation is 1. The minimum absolute atomic E-state index is 0.0788. The van der Waals surface area contributed by atoms with Gasteiger partial charge < -0.3 is 20.9 Å². The molecule has 0 bridgehead atoms. The standard InChI is InChI=1S/C20H20N4O3/c1-13-17(19(21)25)18(24-20(22)23-13)14-6-5-9-16(12-14)27-11-10-26-15-7-3-2-4-8-15/h2-9,12H,10-11H2,1H3,(H2,21,25)(H2,22,23,24). The molecule has 0 atom stereocenters. The fraction of sp³-hybridized carbons (Fsp3) is 0.150. The van der Waals surface area contributed by atoms with E-state index in [9.17, 15) is 4.79 Å². The highest BCUT2D eigenvalue weighted by Gasteiger charge is 2.17. The van der Waals surface area contributed by atoms with Gasteiger partial charge in [0.2, 0.25) is 5.95 Å². The van der Waals surface area contributed by atoms with Gasteiger partial charge in [0.1, 0.15) is 24.7 Å². The fourth-order valence-electron chi connectivity index (χ4n) is 2.67. The monoisotopic (exact) mass is 364 g/mol. The normalized spacial score (nSPS) is 10.4. The number of nitrogen functional groups attached to an aromatic ring is 1. The van der Waals surface area contributed by atoms with Crippen LogP contribution in [0, 0.1) is 6.92 Å². The minimum Gasteiger partial charge on any atom is -0.490 e. The maximum atomic E-state index is 11.8. The van der Waals surface area contributed by atoms with E-state index in [1.807, 2.05) is 36.4 Å². The zero-order valence-corrected chi connectivity index (χ0v) is 14.9. The van der Waals surface area contributed by atoms with Crippen LogP contribution in [0.5, 0.6) is 11.5 Å². The first-order valence-electron chi connectivity index (χ1n) is 8.39. The van der Waals surface area contributed by atoms with E-state index in [1.165, 1.54) is 0 Å². The topological polar surface area (TPSA) is 113 Å². The summed E-state index contributed by atoms with van der Waals surface area (Å²) in [5.74, 6) is 0.877. The maximum absolute atomic E-state index is 11.8. The van der Waals surface area contributed by atoms with Crippen LogP contribution in [-0.4, -0.2) is 29.1 Å². The Hall–Kier alpha value is -3.61. The second kappa shape index (κ2) is 8.18. The van der Waals surface area contributed by atoms with Crippen molar-refractivity contribution in [1.82, 2.24) is 9.97 Å². The summed E-state index contributed by atoms with van der Waals surface area (Å²) in [7, 11) is 0. The smallest absolute Gasteiger partial charge is 0.252 e. The van der Waals surface area contributed by atoms with Crippen molar-refractivity contribution in [1.29, 1.82) is 0 Å². The molecule has 7 heteroatoms. The summed E-state index contributed by atoms with van der Waals surface area (Å²) in [6, 6.07) is 16.7. The lowest BCUT2D eigenvalue weighted by Crippen LogP contribution is -2.17. The fourth-order valence-corrected chi connectivity index (χ4v) is 2.67. The summed E-state index contributed by atoms with van der Waals surface area (Å²) in [6.45, 7) is 2.44. The van der Waals surface area contributed by atoms with Gasteiger partial charge in [-0.1, -0.05) is 30.3 Å². The first kappa shape index (κ1) is 18.2. The first-order chi connectivity index (χ1) is 13.0. The molecule has 2 aromatic carbocycles. The highest BCUT2D eigenvalue weighted by atomic mass is 16.5. The van der Waals surface area contributed by atoms with Gasteiger partial charge in [0.15, 0.2) is 0 Å². The molecule has 0 unspecified atom stereocenters. The number of nitrogens with two attached hydrogens (primary N) is 2. The number of rotatable bonds is 7. The van der Waals surface area contributed by atoms with Gasteiger partial charge in [-0.2, -0.15) is 0 Å². The zero-order chi connectivity index (χ0) is 19.2. The number of hydrogen-bond acceptors (Lipinski definition) is 6. The molecule has 0 saturated carbocycles. The van der Waals surface area contributed by atoms with E-state index in [0.29, 0.717) is 35.9 Å². The Labute approximate surface area is 157 Å². The van der Waals surface area contributed by atoms with Gasteiger partial charge in [-0.3, -0.25) is 4.79 Å². The van der Waals surface area contributed by atoms with Gasteiger partial charge in [-0.25, -0.2) is 9.97 Å². The van der Waals surface area contributed by atoms with Crippen LogP contribution in [0.1, 0.15) is 16.1 Å². The molecule has 0 aliphatic carbocycles. The van der Waals surface area contributed by atoms with E-state index in [0.717, 1.165) is 5.75 Å². The number of primary amides is 1. The Balaban J connectivity index is 1.73. The predicted molar refractivity (Wildman–Crippen MR) is 103 cm³/mol. The number of benzene rings is 2. The van der Waals surface area contributed by atoms with Gasteiger partial charge in [-0.15, -0.1) is 0 Å². The summed E-state index contributed by atoms with van der Waals surface area (Å²) < 4.78 is 11.3. The van der Waals surface area contributed by atoms with Crippen molar-refractivity contribution in [2.45, 2.75) is 6.92 Å². The Bertz CT molecular complexity index is 945. The van der Waals surface area contributed by atoms with E-state index in [1.54, 1.807) is 25.1 Å². The van der Waals surface area contributed by atoms with Crippen LogP contribution >= 0.6 is 0 Å². The maximum Gasteiger partial charge on any atom is 0.252 e. The number of carbonyl (C=O) groups is 1. The molecular formula is C20H20N4O3. The molecule has 138 valence electrons. The summed E-state index contributed by atoms with van der Waals surface area (Å²) in [5.41, 5.74) is 13.0. The van der Waals surface area contributed by atoms with Gasteiger partial charge >= 0.3 is 0 Å². The highest BCUT2D eigenvalue weighted by Crippen LogP contribution is 2.27. The molecule has 0 aliphatic heterocycles. The summed E-state index contributed by atoms with van der Waals surface area (Å²) in [6.07, 6.45) is 0. The number of hydrogen-bond donors (Lipinski definition) is 2. The van der Waals surface area contributed by atoms with Crippen molar-refractivity contribution in [3.05, 3.63) is 65.9 Å². The van der Waals surface area contributed by atoms with Crippen LogP contribution in [0.2, 0.25) is 0 Å². The molecule has 0 spiro atoms. The molecule has 0 aliphatic rings. The zero-order valence-electron chi connectivity index (χ0n) is 14.9. The van der Waals surface area contributed by atoms with E-state index < -0.39 is 5.91 Å². The summed E-state index contributed by atoms with van der Waals surface area (Å²) in [5, 5.41) is 0. The lowest BCUT2D eigenvalue weighted by molar-refractivity contribution is 0.0999. The largest absolute Gasteiger partial charge is 0.490 e. The molecular weight excluding hydrogens is 344 g/mol. The average Bonchev–Trinajstić information content (AvgIpc) is 2.65. The van der Waals surface area contributed by atoms with Crippen LogP contribution in [0.4, 0.5) is 5.95 Å². The van der Waals surface area contributed by atoms with E-state index >= 15 is 0 Å². The molecule has 1 amide bonds. The van der Waals surface area contributed by atoms with Crippen LogP contribution in [0.25, 0.3) is 11.3 Å². The van der Waals surface area contributed by atoms with Crippen molar-refractivity contribution in [3.63, 3.8) is 0 Å². The third kappa shape index (κ3) is 4.52. The number of para-hydroxylation sites is 1. The number of carbonyl (C=O) groups excluding carboxylic acids is 1. The van der Waals surface area contributed by atoms with Gasteiger partial charge in [0.05, 0.1) is 17.0 Å². The Morgan fingerprint density at radius 3 is 2.33 bits per heavy atom. The Kier molecular flexibility index (Phi) is 5.51. The van der Waals surface area contributed by atoms with Crippen LogP contribution in [-0.2, 0) is 0 Å². The number of aromatic nitrogens is 2. The van der Waals surface area contributed by atoms with E-state index in [-0.39, 0.29) is 11.5 Å². The van der Waals surface area contributed by atoms with Crippen molar-refractivity contribution in [3.8, 4) is 22.8 Å². The molecule has 0 saturated heterocycles. The molecule has 27 heavy (non-hydrogen) atoms. The third-order valence-electron chi connectivity index (χ3n) is 3.83. The molecule has 1 heterocycles. The molecule has 0 radical (unpaired) electrons. The van der Waals surface area contributed by atoms with Crippen LogP contribution in [0.3, 0.4) is 0 Å². The lowest BCUT2D eigenvalue weighted by Gasteiger charge is -2.12. The quantitative estimate of drug-likeness (QED) is 0.623. The number of ether oxygens (including phenoxy) is 2. The van der Waals surface area contributed by atoms with Crippen molar-refractivity contribution >= 4 is 11.9 Å². The number of amides is 1. The number of nitrogens with zero attached hydrogens (tertiary/aromatic N) is 2. The molecule has 7 nitrogen and oxygen atoms in total. The molecule has 4 N–H and O–H groups in total. The van der Waals surface area contributed by atoms with Crippen molar-refractivity contribution in [2.75, 3.05) is 18.9 Å². The van der Waals surface area contributed by atoms with Crippen molar-refractivity contribution in [2.24, 2.45) is 5.73 Å². The Morgan fingerprint density at radius 1 is 0.963 bits per heavy atom. The second-order valence-corrected chi connectivity index (χ2v) is 5.79. The van der Waals surface area contributed by atoms with Gasteiger partial charge in [0, 0.05) is 5.56 Å². The second-order valence-electron chi connectivity index (χ2n) is 5.79. The highest BCUT2D eigenvalue weighted by molar-refractivity contribution is 6.00. The molecule has 1 aromatic heterocycles. The molecule has 3 rings (SSSR count). The van der Waals surface area contributed by atoms with Crippen molar-refractivity contribution < 1.29 is 14.3 Å². The molecule has 0 fully saturated rings. The van der Waals surface area contributed by atoms with Crippen LogP contribution in [0.15, 0.2) is 54.6 Å². The van der Waals surface area contributed by atoms with Gasteiger partial charge in [0.25, 0.3) is 5.91 Å². The average molecular weight is 364 g/mol. The molecule has 3 aromatic rings. The van der Waals surface area contributed by atoms with Crippen LogP contribution < -0.4 is 20.9 Å². The first-order valence-corrected chi connectivity index (χ1v) is 8.39. The SMILES string of the molecule is Cc1nc(N)nc(-c2cccc(OCCOc3ccccc3)c2)c1C(N)=O. The lowest BCUT2D eigenvalue weighted by atomic mass is 10.0. The van der Waals surface area contributed by atoms with Gasteiger partial charge in [-0.05, 0) is 31.2 Å². The Morgan fingerprint density at radius 2 is 1.63 bits per heavy atom. The third-order valence-corrected chi connectivity index (χ3v) is 3.83. The minimum atomic E-state index is -0.606. The summed E-state index contributed by atoms with van der Waals surface area (Å²) in [4.78, 5) is 20.0. The predicted octanol–water partition coefficient (Wildman–Crippen LogP) is 2.59. The van der Waals surface area contributed by atoms with E-state index in [2.05, 4.69) is 9.97 Å². The number of anilines is 1.